The van der Waals surface area contributed by atoms with E-state index in [1.165, 1.54) is 0 Å². The summed E-state index contributed by atoms with van der Waals surface area (Å²) in [6, 6.07) is -0.0324. The maximum atomic E-state index is 12.3. The van der Waals surface area contributed by atoms with Crippen molar-refractivity contribution in [3.8, 4) is 0 Å². The molecule has 3 atom stereocenters. The van der Waals surface area contributed by atoms with E-state index in [9.17, 15) is 9.90 Å². The number of carbonyl (C=O) groups excluding carboxylic acids is 1. The molecule has 0 aromatic rings. The second-order valence-electron chi connectivity index (χ2n) is 5.77. The summed E-state index contributed by atoms with van der Waals surface area (Å²) in [4.78, 5) is 12.3. The predicted molar refractivity (Wildman–Crippen MR) is 73.9 cm³/mol. The average molecular weight is 277 g/mol. The summed E-state index contributed by atoms with van der Waals surface area (Å²) in [5.74, 6) is 0.107. The standard InChI is InChI=1S/C13H24N2O2.ClH/c1-13(7-4-8-14-9-13)12(17)15-10-5-2-3-6-11(10)16;/h10-11,14,16H,2-9H2,1H3,(H,15,17);1H/t10-,11-,13?;/m1./s1. The molecule has 2 rings (SSSR count). The molecule has 1 aliphatic heterocycles. The van der Waals surface area contributed by atoms with Crippen molar-refractivity contribution in [3.63, 3.8) is 0 Å². The second-order valence-corrected chi connectivity index (χ2v) is 5.77. The smallest absolute Gasteiger partial charge is 0.227 e. The Kier molecular flexibility index (Phi) is 5.89. The van der Waals surface area contributed by atoms with Gasteiger partial charge in [-0.15, -0.1) is 12.4 Å². The lowest BCUT2D eigenvalue weighted by Crippen LogP contribution is -2.54. The van der Waals surface area contributed by atoms with E-state index in [2.05, 4.69) is 10.6 Å². The van der Waals surface area contributed by atoms with Gasteiger partial charge in [-0.2, -0.15) is 0 Å². The lowest BCUT2D eigenvalue weighted by Gasteiger charge is -2.36. The van der Waals surface area contributed by atoms with Gasteiger partial charge in [-0.25, -0.2) is 0 Å². The lowest BCUT2D eigenvalue weighted by atomic mass is 9.81. The van der Waals surface area contributed by atoms with Gasteiger partial charge in [0.25, 0.3) is 0 Å². The van der Waals surface area contributed by atoms with Crippen LogP contribution in [-0.2, 0) is 4.79 Å². The van der Waals surface area contributed by atoms with Crippen molar-refractivity contribution in [3.05, 3.63) is 0 Å². The lowest BCUT2D eigenvalue weighted by molar-refractivity contribution is -0.133. The molecule has 0 radical (unpaired) electrons. The van der Waals surface area contributed by atoms with E-state index >= 15 is 0 Å². The van der Waals surface area contributed by atoms with E-state index in [-0.39, 0.29) is 35.9 Å². The van der Waals surface area contributed by atoms with E-state index in [0.29, 0.717) is 0 Å². The Morgan fingerprint density at radius 3 is 2.67 bits per heavy atom. The van der Waals surface area contributed by atoms with Crippen molar-refractivity contribution < 1.29 is 9.90 Å². The maximum absolute atomic E-state index is 12.3. The molecule has 1 heterocycles. The number of halogens is 1. The van der Waals surface area contributed by atoms with Gasteiger partial charge in [0.05, 0.1) is 17.6 Å². The van der Waals surface area contributed by atoms with Crippen molar-refractivity contribution in [1.29, 1.82) is 0 Å². The Morgan fingerprint density at radius 2 is 2.06 bits per heavy atom. The van der Waals surface area contributed by atoms with Crippen LogP contribution in [0.4, 0.5) is 0 Å². The van der Waals surface area contributed by atoms with Crippen molar-refractivity contribution in [2.24, 2.45) is 5.41 Å². The SMILES string of the molecule is CC1(C(=O)N[C@@H]2CCCC[C@H]2O)CCCNC1.Cl. The zero-order valence-corrected chi connectivity index (χ0v) is 11.9. The summed E-state index contributed by atoms with van der Waals surface area (Å²) >= 11 is 0. The van der Waals surface area contributed by atoms with Crippen LogP contribution in [-0.4, -0.2) is 36.2 Å². The van der Waals surface area contributed by atoms with Gasteiger partial charge in [-0.1, -0.05) is 12.8 Å². The highest BCUT2D eigenvalue weighted by Gasteiger charge is 2.36. The molecule has 2 fully saturated rings. The molecule has 0 bridgehead atoms. The average Bonchev–Trinajstić information content (AvgIpc) is 2.33. The fourth-order valence-electron chi connectivity index (χ4n) is 2.87. The predicted octanol–water partition coefficient (Wildman–Crippen LogP) is 1.22. The van der Waals surface area contributed by atoms with Crippen LogP contribution in [0.25, 0.3) is 0 Å². The van der Waals surface area contributed by atoms with Crippen molar-refractivity contribution in [2.75, 3.05) is 13.1 Å². The monoisotopic (exact) mass is 276 g/mol. The van der Waals surface area contributed by atoms with Crippen LogP contribution in [0.2, 0.25) is 0 Å². The summed E-state index contributed by atoms with van der Waals surface area (Å²) < 4.78 is 0. The first-order chi connectivity index (χ1) is 8.12. The second kappa shape index (κ2) is 6.73. The Hall–Kier alpha value is -0.320. The number of nitrogens with one attached hydrogen (secondary N) is 2. The van der Waals surface area contributed by atoms with Gasteiger partial charge in [-0.3, -0.25) is 4.79 Å². The minimum absolute atomic E-state index is 0. The van der Waals surface area contributed by atoms with Crippen LogP contribution in [0.15, 0.2) is 0 Å². The van der Waals surface area contributed by atoms with Crippen LogP contribution < -0.4 is 10.6 Å². The van der Waals surface area contributed by atoms with Crippen molar-refractivity contribution in [1.82, 2.24) is 10.6 Å². The molecule has 3 N–H and O–H groups in total. The van der Waals surface area contributed by atoms with E-state index in [1.54, 1.807) is 0 Å². The van der Waals surface area contributed by atoms with Crippen LogP contribution in [0, 0.1) is 5.41 Å². The summed E-state index contributed by atoms with van der Waals surface area (Å²) in [5.41, 5.74) is -0.296. The first-order valence-corrected chi connectivity index (χ1v) is 6.82. The zero-order valence-electron chi connectivity index (χ0n) is 11.1. The Balaban J connectivity index is 0.00000162. The van der Waals surface area contributed by atoms with E-state index in [1.807, 2.05) is 6.92 Å². The highest BCUT2D eigenvalue weighted by molar-refractivity contribution is 5.85. The summed E-state index contributed by atoms with van der Waals surface area (Å²) in [5, 5.41) is 16.2. The fourth-order valence-corrected chi connectivity index (χ4v) is 2.87. The molecule has 1 aliphatic carbocycles. The first-order valence-electron chi connectivity index (χ1n) is 6.82. The van der Waals surface area contributed by atoms with Gasteiger partial charge >= 0.3 is 0 Å². The molecule has 106 valence electrons. The Bertz CT molecular complexity index is 280. The number of aliphatic hydroxyl groups is 1. The zero-order chi connectivity index (χ0) is 12.3. The summed E-state index contributed by atoms with van der Waals surface area (Å²) in [7, 11) is 0. The summed E-state index contributed by atoms with van der Waals surface area (Å²) in [6.07, 6.45) is 5.55. The molecule has 0 aromatic heterocycles. The van der Waals surface area contributed by atoms with Gasteiger partial charge in [0, 0.05) is 6.54 Å². The van der Waals surface area contributed by atoms with Crippen LogP contribution in [0.3, 0.4) is 0 Å². The van der Waals surface area contributed by atoms with E-state index in [0.717, 1.165) is 51.6 Å². The van der Waals surface area contributed by atoms with Gasteiger partial charge in [0.15, 0.2) is 0 Å². The van der Waals surface area contributed by atoms with Gasteiger partial charge in [0.2, 0.25) is 5.91 Å². The third kappa shape index (κ3) is 3.59. The van der Waals surface area contributed by atoms with E-state index < -0.39 is 0 Å². The normalized spacial score (nSPS) is 36.6. The molecule has 18 heavy (non-hydrogen) atoms. The molecule has 1 amide bonds. The highest BCUT2D eigenvalue weighted by atomic mass is 35.5. The number of hydrogen-bond donors (Lipinski definition) is 3. The van der Waals surface area contributed by atoms with Gasteiger partial charge < -0.3 is 15.7 Å². The minimum atomic E-state index is -0.354. The molecular weight excluding hydrogens is 252 g/mol. The van der Waals surface area contributed by atoms with Crippen molar-refractivity contribution >= 4 is 18.3 Å². The molecule has 2 aliphatic rings. The fraction of sp³-hybridized carbons (Fsp3) is 0.923. The molecule has 4 nitrogen and oxygen atoms in total. The van der Waals surface area contributed by atoms with Gasteiger partial charge in [0.1, 0.15) is 0 Å². The number of amides is 1. The number of aliphatic hydroxyl groups excluding tert-OH is 1. The Labute approximate surface area is 115 Å². The highest BCUT2D eigenvalue weighted by Crippen LogP contribution is 2.27. The van der Waals surface area contributed by atoms with Crippen molar-refractivity contribution in [2.45, 2.75) is 57.6 Å². The first kappa shape index (κ1) is 15.7. The van der Waals surface area contributed by atoms with Crippen LogP contribution in [0.5, 0.6) is 0 Å². The number of hydrogen-bond acceptors (Lipinski definition) is 3. The number of carbonyl (C=O) groups is 1. The third-order valence-corrected chi connectivity index (χ3v) is 4.19. The Morgan fingerprint density at radius 1 is 1.33 bits per heavy atom. The molecule has 0 aromatic carbocycles. The summed E-state index contributed by atoms with van der Waals surface area (Å²) in [6.45, 7) is 3.78. The van der Waals surface area contributed by atoms with E-state index in [4.69, 9.17) is 0 Å². The molecule has 0 spiro atoms. The largest absolute Gasteiger partial charge is 0.391 e. The molecule has 1 unspecified atom stereocenters. The minimum Gasteiger partial charge on any atom is -0.391 e. The third-order valence-electron chi connectivity index (χ3n) is 4.19. The topological polar surface area (TPSA) is 61.4 Å². The molecular formula is C13H25ClN2O2. The van der Waals surface area contributed by atoms with Gasteiger partial charge in [-0.05, 0) is 39.2 Å². The quantitative estimate of drug-likeness (QED) is 0.711. The number of rotatable bonds is 2. The van der Waals surface area contributed by atoms with Crippen LogP contribution in [0.1, 0.15) is 45.4 Å². The number of piperidine rings is 1. The maximum Gasteiger partial charge on any atom is 0.227 e. The molecule has 1 saturated heterocycles. The molecule has 5 heteroatoms. The van der Waals surface area contributed by atoms with Crippen LogP contribution >= 0.6 is 12.4 Å². The molecule has 1 saturated carbocycles.